The Hall–Kier alpha value is -2.62. The van der Waals surface area contributed by atoms with Crippen LogP contribution in [-0.4, -0.2) is 30.2 Å². The fourth-order valence-electron chi connectivity index (χ4n) is 3.51. The SMILES string of the molecule is COc1cccc(C2CCCN2C(=O)CCC(=O)c2ccc(C)cc2)c1. The van der Waals surface area contributed by atoms with Crippen molar-refractivity contribution in [3.63, 3.8) is 0 Å². The van der Waals surface area contributed by atoms with Crippen LogP contribution in [0.1, 0.15) is 53.2 Å². The Morgan fingerprint density at radius 3 is 2.62 bits per heavy atom. The molecule has 0 bridgehead atoms. The zero-order valence-electron chi connectivity index (χ0n) is 15.4. The number of ketones is 1. The first-order valence-electron chi connectivity index (χ1n) is 9.12. The van der Waals surface area contributed by atoms with Crippen molar-refractivity contribution in [2.45, 2.75) is 38.6 Å². The van der Waals surface area contributed by atoms with Gasteiger partial charge in [0, 0.05) is 24.9 Å². The molecule has 4 nitrogen and oxygen atoms in total. The van der Waals surface area contributed by atoms with Crippen molar-refractivity contribution in [1.82, 2.24) is 4.90 Å². The van der Waals surface area contributed by atoms with E-state index < -0.39 is 0 Å². The van der Waals surface area contributed by atoms with Crippen molar-refractivity contribution < 1.29 is 14.3 Å². The Bertz CT molecular complexity index is 782. The van der Waals surface area contributed by atoms with Gasteiger partial charge in [-0.05, 0) is 37.5 Å². The number of likely N-dealkylation sites (tertiary alicyclic amines) is 1. The molecule has 1 saturated heterocycles. The van der Waals surface area contributed by atoms with Gasteiger partial charge in [-0.3, -0.25) is 9.59 Å². The zero-order chi connectivity index (χ0) is 18.5. The summed E-state index contributed by atoms with van der Waals surface area (Å²) in [4.78, 5) is 27.0. The van der Waals surface area contributed by atoms with Crippen LogP contribution in [0.2, 0.25) is 0 Å². The minimum Gasteiger partial charge on any atom is -0.497 e. The fourth-order valence-corrected chi connectivity index (χ4v) is 3.51. The summed E-state index contributed by atoms with van der Waals surface area (Å²) in [7, 11) is 1.65. The Morgan fingerprint density at radius 2 is 1.88 bits per heavy atom. The molecule has 3 rings (SSSR count). The third-order valence-electron chi connectivity index (χ3n) is 4.99. The highest BCUT2D eigenvalue weighted by Gasteiger charge is 2.30. The summed E-state index contributed by atoms with van der Waals surface area (Å²) >= 11 is 0. The van der Waals surface area contributed by atoms with Crippen LogP contribution in [-0.2, 0) is 4.79 Å². The van der Waals surface area contributed by atoms with Gasteiger partial charge in [0.2, 0.25) is 5.91 Å². The number of methoxy groups -OCH3 is 1. The van der Waals surface area contributed by atoms with Crippen LogP contribution in [0.4, 0.5) is 0 Å². The molecule has 0 aromatic heterocycles. The molecule has 136 valence electrons. The minimum absolute atomic E-state index is 0.0236. The van der Waals surface area contributed by atoms with Gasteiger partial charge in [-0.1, -0.05) is 42.0 Å². The van der Waals surface area contributed by atoms with Crippen molar-refractivity contribution in [2.24, 2.45) is 0 Å². The maximum atomic E-state index is 12.7. The molecule has 2 aromatic carbocycles. The number of hydrogen-bond acceptors (Lipinski definition) is 3. The predicted octanol–water partition coefficient (Wildman–Crippen LogP) is 4.33. The fraction of sp³-hybridized carbons (Fsp3) is 0.364. The molecule has 1 amide bonds. The number of ether oxygens (including phenoxy) is 1. The van der Waals surface area contributed by atoms with Gasteiger partial charge in [0.15, 0.2) is 5.78 Å². The van der Waals surface area contributed by atoms with Crippen LogP contribution in [0.5, 0.6) is 5.75 Å². The van der Waals surface area contributed by atoms with Gasteiger partial charge >= 0.3 is 0 Å². The standard InChI is InChI=1S/C22H25NO3/c1-16-8-10-17(11-9-16)21(24)12-13-22(25)23-14-4-7-20(23)18-5-3-6-19(15-18)26-2/h3,5-6,8-11,15,20H,4,7,12-14H2,1-2H3. The van der Waals surface area contributed by atoms with Crippen LogP contribution in [0, 0.1) is 6.92 Å². The zero-order valence-corrected chi connectivity index (χ0v) is 15.4. The van der Waals surface area contributed by atoms with E-state index in [1.165, 1.54) is 0 Å². The molecule has 1 heterocycles. The predicted molar refractivity (Wildman–Crippen MR) is 101 cm³/mol. The lowest BCUT2D eigenvalue weighted by Gasteiger charge is -2.25. The molecule has 2 aromatic rings. The number of rotatable bonds is 6. The first kappa shape index (κ1) is 18.2. The highest BCUT2D eigenvalue weighted by molar-refractivity contribution is 5.98. The minimum atomic E-state index is 0.0236. The maximum absolute atomic E-state index is 12.7. The molecular weight excluding hydrogens is 326 g/mol. The average Bonchev–Trinajstić information content (AvgIpc) is 3.16. The second-order valence-corrected chi connectivity index (χ2v) is 6.81. The molecule has 0 radical (unpaired) electrons. The lowest BCUT2D eigenvalue weighted by molar-refractivity contribution is -0.132. The summed E-state index contributed by atoms with van der Waals surface area (Å²) in [6, 6.07) is 15.5. The number of carbonyl (C=O) groups excluding carboxylic acids is 2. The number of carbonyl (C=O) groups is 2. The Kier molecular flexibility index (Phi) is 5.71. The van der Waals surface area contributed by atoms with Crippen LogP contribution in [0.25, 0.3) is 0 Å². The van der Waals surface area contributed by atoms with Crippen molar-refractivity contribution in [3.8, 4) is 5.75 Å². The normalized spacial score (nSPS) is 16.5. The van der Waals surface area contributed by atoms with E-state index in [0.717, 1.165) is 36.3 Å². The number of amides is 1. The van der Waals surface area contributed by atoms with Crippen LogP contribution >= 0.6 is 0 Å². The molecule has 1 fully saturated rings. The number of hydrogen-bond donors (Lipinski definition) is 0. The van der Waals surface area contributed by atoms with Crippen LogP contribution < -0.4 is 4.74 Å². The molecule has 4 heteroatoms. The molecule has 0 N–H and O–H groups in total. The van der Waals surface area contributed by atoms with E-state index in [4.69, 9.17) is 4.74 Å². The Balaban J connectivity index is 1.63. The van der Waals surface area contributed by atoms with Gasteiger partial charge < -0.3 is 9.64 Å². The third-order valence-corrected chi connectivity index (χ3v) is 4.99. The van der Waals surface area contributed by atoms with Gasteiger partial charge in [-0.2, -0.15) is 0 Å². The second-order valence-electron chi connectivity index (χ2n) is 6.81. The molecule has 0 saturated carbocycles. The summed E-state index contributed by atoms with van der Waals surface area (Å²) < 4.78 is 5.30. The van der Waals surface area contributed by atoms with E-state index in [-0.39, 0.29) is 30.6 Å². The summed E-state index contributed by atoms with van der Waals surface area (Å²) in [6.07, 6.45) is 2.45. The molecular formula is C22H25NO3. The highest BCUT2D eigenvalue weighted by Crippen LogP contribution is 2.34. The Labute approximate surface area is 154 Å². The number of Topliss-reactive ketones (excluding diaryl/α,β-unsaturated/α-hetero) is 1. The van der Waals surface area contributed by atoms with Crippen molar-refractivity contribution >= 4 is 11.7 Å². The first-order chi connectivity index (χ1) is 12.6. The topological polar surface area (TPSA) is 46.6 Å². The summed E-state index contributed by atoms with van der Waals surface area (Å²) in [5.41, 5.74) is 2.89. The molecule has 1 atom stereocenters. The van der Waals surface area contributed by atoms with E-state index in [0.29, 0.717) is 5.56 Å². The Morgan fingerprint density at radius 1 is 1.12 bits per heavy atom. The van der Waals surface area contributed by atoms with Crippen LogP contribution in [0.3, 0.4) is 0 Å². The van der Waals surface area contributed by atoms with Gasteiger partial charge in [0.25, 0.3) is 0 Å². The lowest BCUT2D eigenvalue weighted by Crippen LogP contribution is -2.30. The van der Waals surface area contributed by atoms with E-state index in [1.807, 2.05) is 60.4 Å². The average molecular weight is 351 g/mol. The van der Waals surface area contributed by atoms with E-state index in [1.54, 1.807) is 7.11 Å². The second kappa shape index (κ2) is 8.17. The lowest BCUT2D eigenvalue weighted by atomic mass is 10.0. The van der Waals surface area contributed by atoms with E-state index >= 15 is 0 Å². The van der Waals surface area contributed by atoms with Crippen molar-refractivity contribution in [2.75, 3.05) is 13.7 Å². The van der Waals surface area contributed by atoms with Gasteiger partial charge in [0.1, 0.15) is 5.75 Å². The number of benzene rings is 2. The summed E-state index contributed by atoms with van der Waals surface area (Å²) in [5, 5.41) is 0. The summed E-state index contributed by atoms with van der Waals surface area (Å²) in [6.45, 7) is 2.74. The third kappa shape index (κ3) is 4.13. The van der Waals surface area contributed by atoms with Gasteiger partial charge in [0.05, 0.1) is 13.2 Å². The molecule has 1 aliphatic rings. The molecule has 26 heavy (non-hydrogen) atoms. The van der Waals surface area contributed by atoms with E-state index in [9.17, 15) is 9.59 Å². The van der Waals surface area contributed by atoms with Crippen molar-refractivity contribution in [1.29, 1.82) is 0 Å². The molecule has 1 aliphatic heterocycles. The first-order valence-corrected chi connectivity index (χ1v) is 9.12. The summed E-state index contributed by atoms with van der Waals surface area (Å²) in [5.74, 6) is 0.877. The monoisotopic (exact) mass is 351 g/mol. The smallest absolute Gasteiger partial charge is 0.223 e. The van der Waals surface area contributed by atoms with Crippen molar-refractivity contribution in [3.05, 3.63) is 65.2 Å². The largest absolute Gasteiger partial charge is 0.497 e. The number of nitrogens with zero attached hydrogens (tertiary/aromatic N) is 1. The molecule has 0 aliphatic carbocycles. The maximum Gasteiger partial charge on any atom is 0.223 e. The molecule has 1 unspecified atom stereocenters. The van der Waals surface area contributed by atoms with E-state index in [2.05, 4.69) is 0 Å². The molecule has 0 spiro atoms. The quantitative estimate of drug-likeness (QED) is 0.728. The van der Waals surface area contributed by atoms with Gasteiger partial charge in [-0.15, -0.1) is 0 Å². The number of aryl methyl sites for hydroxylation is 1. The van der Waals surface area contributed by atoms with Gasteiger partial charge in [-0.25, -0.2) is 0 Å². The highest BCUT2D eigenvalue weighted by atomic mass is 16.5. The van der Waals surface area contributed by atoms with Crippen LogP contribution in [0.15, 0.2) is 48.5 Å².